The first-order chi connectivity index (χ1) is 10.8. The summed E-state index contributed by atoms with van der Waals surface area (Å²) < 4.78 is 7.07. The molecule has 2 aromatic rings. The summed E-state index contributed by atoms with van der Waals surface area (Å²) in [7, 11) is 3.59. The van der Waals surface area contributed by atoms with Gasteiger partial charge in [0.15, 0.2) is 23.2 Å². The predicted molar refractivity (Wildman–Crippen MR) is 82.3 cm³/mol. The van der Waals surface area contributed by atoms with Crippen molar-refractivity contribution in [1.82, 2.24) is 19.5 Å². The highest BCUT2D eigenvalue weighted by molar-refractivity contribution is 6.28. The zero-order chi connectivity index (χ0) is 16.9. The molecule has 23 heavy (non-hydrogen) atoms. The normalized spacial score (nSPS) is 31.0. The standard InChI is InChI=1S/C13H18ClN5O4/c1-13(22)8(21)6(4-20)23-11(13)19-5-15-7-9(18(2)3)16-12(14)17-10(7)19/h5-6,8,11,20-22H,4H2,1-3H3/t6-,8?,11-,13+/m1/s1. The van der Waals surface area contributed by atoms with Crippen LogP contribution >= 0.6 is 11.6 Å². The van der Waals surface area contributed by atoms with Gasteiger partial charge in [-0.3, -0.25) is 4.57 Å². The first-order valence-corrected chi connectivity index (χ1v) is 7.39. The summed E-state index contributed by atoms with van der Waals surface area (Å²) >= 11 is 5.98. The number of imidazole rings is 1. The number of aliphatic hydroxyl groups excluding tert-OH is 2. The SMILES string of the molecule is CN(C)c1nc(Cl)nc2c1ncn2[C@@H]1O[C@H](CO)C(O)[C@]1(C)O. The lowest BCUT2D eigenvalue weighted by molar-refractivity contribution is -0.0950. The number of halogens is 1. The second-order valence-electron chi connectivity index (χ2n) is 5.91. The summed E-state index contributed by atoms with van der Waals surface area (Å²) in [6.07, 6.45) is -1.69. The first kappa shape index (κ1) is 16.3. The van der Waals surface area contributed by atoms with Crippen LogP contribution in [0.25, 0.3) is 11.2 Å². The van der Waals surface area contributed by atoms with Crippen LogP contribution in [0.2, 0.25) is 5.28 Å². The lowest BCUT2D eigenvalue weighted by Gasteiger charge is -2.27. The molecule has 0 aliphatic carbocycles. The average molecular weight is 344 g/mol. The number of anilines is 1. The Morgan fingerprint density at radius 2 is 2.13 bits per heavy atom. The van der Waals surface area contributed by atoms with E-state index in [1.807, 2.05) is 0 Å². The van der Waals surface area contributed by atoms with Crippen LogP contribution in [-0.2, 0) is 4.74 Å². The Hall–Kier alpha value is -1.52. The summed E-state index contributed by atoms with van der Waals surface area (Å²) in [6.45, 7) is 1.01. The van der Waals surface area contributed by atoms with Gasteiger partial charge in [-0.05, 0) is 18.5 Å². The number of ether oxygens (including phenoxy) is 1. The van der Waals surface area contributed by atoms with Gasteiger partial charge in [-0.1, -0.05) is 0 Å². The van der Waals surface area contributed by atoms with Gasteiger partial charge < -0.3 is 25.0 Å². The van der Waals surface area contributed by atoms with Gasteiger partial charge in [-0.25, -0.2) is 4.98 Å². The molecule has 4 atom stereocenters. The van der Waals surface area contributed by atoms with E-state index in [4.69, 9.17) is 16.3 Å². The first-order valence-electron chi connectivity index (χ1n) is 7.01. The third-order valence-corrected chi connectivity index (χ3v) is 4.16. The summed E-state index contributed by atoms with van der Waals surface area (Å²) in [5, 5.41) is 30.0. The molecule has 1 aliphatic heterocycles. The summed E-state index contributed by atoms with van der Waals surface area (Å²) in [4.78, 5) is 14.3. The van der Waals surface area contributed by atoms with E-state index in [9.17, 15) is 15.3 Å². The molecule has 1 fully saturated rings. The van der Waals surface area contributed by atoms with Crippen LogP contribution in [-0.4, -0.2) is 73.3 Å². The van der Waals surface area contributed by atoms with Crippen molar-refractivity contribution in [3.8, 4) is 0 Å². The molecule has 10 heteroatoms. The number of fused-ring (bicyclic) bond motifs is 1. The lowest BCUT2D eigenvalue weighted by atomic mass is 9.96. The predicted octanol–water partition coefficient (Wildman–Crippen LogP) is -0.453. The van der Waals surface area contributed by atoms with E-state index in [1.54, 1.807) is 19.0 Å². The number of hydrogen-bond acceptors (Lipinski definition) is 8. The van der Waals surface area contributed by atoms with E-state index in [-0.39, 0.29) is 5.28 Å². The van der Waals surface area contributed by atoms with E-state index < -0.39 is 30.6 Å². The van der Waals surface area contributed by atoms with Crippen molar-refractivity contribution in [2.75, 3.05) is 25.6 Å². The monoisotopic (exact) mass is 343 g/mol. The number of rotatable bonds is 3. The Balaban J connectivity index is 2.14. The van der Waals surface area contributed by atoms with Crippen LogP contribution in [0.15, 0.2) is 6.33 Å². The maximum absolute atomic E-state index is 10.6. The molecule has 1 aliphatic rings. The number of nitrogens with zero attached hydrogens (tertiary/aromatic N) is 5. The lowest BCUT2D eigenvalue weighted by Crippen LogP contribution is -2.44. The molecule has 9 nitrogen and oxygen atoms in total. The molecule has 0 radical (unpaired) electrons. The maximum atomic E-state index is 10.6. The Morgan fingerprint density at radius 3 is 2.70 bits per heavy atom. The van der Waals surface area contributed by atoms with Crippen LogP contribution in [0.4, 0.5) is 5.82 Å². The van der Waals surface area contributed by atoms with Crippen LogP contribution in [0.1, 0.15) is 13.2 Å². The molecule has 3 N–H and O–H groups in total. The molecule has 3 rings (SSSR count). The molecule has 126 valence electrons. The Kier molecular flexibility index (Phi) is 3.93. The minimum atomic E-state index is -1.63. The quantitative estimate of drug-likeness (QED) is 0.641. The molecule has 0 spiro atoms. The fourth-order valence-corrected chi connectivity index (χ4v) is 2.91. The highest BCUT2D eigenvalue weighted by Gasteiger charge is 2.53. The third kappa shape index (κ3) is 2.45. The van der Waals surface area contributed by atoms with Crippen molar-refractivity contribution in [1.29, 1.82) is 0 Å². The summed E-state index contributed by atoms with van der Waals surface area (Å²) in [5.74, 6) is 0.524. The van der Waals surface area contributed by atoms with Gasteiger partial charge >= 0.3 is 0 Å². The largest absolute Gasteiger partial charge is 0.394 e. The molecule has 1 saturated heterocycles. The van der Waals surface area contributed by atoms with Gasteiger partial charge in [0, 0.05) is 14.1 Å². The van der Waals surface area contributed by atoms with E-state index in [1.165, 1.54) is 17.8 Å². The van der Waals surface area contributed by atoms with Gasteiger partial charge in [0.05, 0.1) is 12.9 Å². The summed E-state index contributed by atoms with van der Waals surface area (Å²) in [6, 6.07) is 0. The highest BCUT2D eigenvalue weighted by atomic mass is 35.5. The third-order valence-electron chi connectivity index (χ3n) is 3.99. The molecule has 0 aromatic carbocycles. The minimum Gasteiger partial charge on any atom is -0.394 e. The van der Waals surface area contributed by atoms with Gasteiger partial charge in [0.1, 0.15) is 17.8 Å². The van der Waals surface area contributed by atoms with Crippen LogP contribution in [0, 0.1) is 0 Å². The fourth-order valence-electron chi connectivity index (χ4n) is 2.75. The van der Waals surface area contributed by atoms with Crippen LogP contribution in [0.5, 0.6) is 0 Å². The Labute approximate surface area is 137 Å². The number of hydrogen-bond donors (Lipinski definition) is 3. The molecule has 2 aromatic heterocycles. The number of aliphatic hydroxyl groups is 3. The Bertz CT molecular complexity index is 734. The van der Waals surface area contributed by atoms with Crippen molar-refractivity contribution in [3.63, 3.8) is 0 Å². The highest BCUT2D eigenvalue weighted by Crippen LogP contribution is 2.39. The van der Waals surface area contributed by atoms with E-state index in [0.717, 1.165) is 0 Å². The van der Waals surface area contributed by atoms with E-state index in [0.29, 0.717) is 17.0 Å². The van der Waals surface area contributed by atoms with Crippen molar-refractivity contribution in [2.24, 2.45) is 0 Å². The van der Waals surface area contributed by atoms with Crippen molar-refractivity contribution < 1.29 is 20.1 Å². The fraction of sp³-hybridized carbons (Fsp3) is 0.615. The molecular formula is C13H18ClN5O4. The zero-order valence-corrected chi connectivity index (χ0v) is 13.6. The van der Waals surface area contributed by atoms with Crippen LogP contribution < -0.4 is 4.90 Å². The maximum Gasteiger partial charge on any atom is 0.226 e. The van der Waals surface area contributed by atoms with Crippen LogP contribution in [0.3, 0.4) is 0 Å². The van der Waals surface area contributed by atoms with Crippen molar-refractivity contribution in [2.45, 2.75) is 31.0 Å². The second-order valence-corrected chi connectivity index (χ2v) is 6.25. The van der Waals surface area contributed by atoms with E-state index in [2.05, 4.69) is 15.0 Å². The van der Waals surface area contributed by atoms with Gasteiger partial charge in [0.2, 0.25) is 5.28 Å². The molecule has 0 amide bonds. The number of aromatic nitrogens is 4. The molecule has 1 unspecified atom stereocenters. The van der Waals surface area contributed by atoms with E-state index >= 15 is 0 Å². The molecule has 0 saturated carbocycles. The summed E-state index contributed by atoms with van der Waals surface area (Å²) in [5.41, 5.74) is -0.776. The topological polar surface area (TPSA) is 117 Å². The minimum absolute atomic E-state index is 0.0276. The van der Waals surface area contributed by atoms with Gasteiger partial charge in [-0.2, -0.15) is 9.97 Å². The molecular weight excluding hydrogens is 326 g/mol. The van der Waals surface area contributed by atoms with Crippen molar-refractivity contribution in [3.05, 3.63) is 11.6 Å². The molecule has 0 bridgehead atoms. The average Bonchev–Trinajstić information content (AvgIpc) is 2.98. The Morgan fingerprint density at radius 1 is 1.43 bits per heavy atom. The molecule has 3 heterocycles. The zero-order valence-electron chi connectivity index (χ0n) is 12.9. The van der Waals surface area contributed by atoms with Gasteiger partial charge in [-0.15, -0.1) is 0 Å². The smallest absolute Gasteiger partial charge is 0.226 e. The van der Waals surface area contributed by atoms with Crippen molar-refractivity contribution >= 4 is 28.6 Å². The van der Waals surface area contributed by atoms with Gasteiger partial charge in [0.25, 0.3) is 0 Å². The second kappa shape index (κ2) is 5.53.